The molecular formula is C18H31N4O5+. The number of aromatic nitrogens is 1. The maximum Gasteiger partial charge on any atom is 0.320 e. The highest BCUT2D eigenvalue weighted by Crippen LogP contribution is 2.08. The van der Waals surface area contributed by atoms with Crippen molar-refractivity contribution in [2.75, 3.05) is 6.54 Å². The van der Waals surface area contributed by atoms with Crippen LogP contribution in [0.4, 0.5) is 0 Å². The molecule has 8 N–H and O–H groups in total. The van der Waals surface area contributed by atoms with E-state index in [9.17, 15) is 14.7 Å². The van der Waals surface area contributed by atoms with Crippen LogP contribution in [-0.4, -0.2) is 45.9 Å². The largest absolute Gasteiger partial charge is 0.503 e. The van der Waals surface area contributed by atoms with Crippen LogP contribution < -0.4 is 21.4 Å². The van der Waals surface area contributed by atoms with Gasteiger partial charge in [-0.25, -0.2) is 4.57 Å². The zero-order valence-corrected chi connectivity index (χ0v) is 15.5. The zero-order valence-electron chi connectivity index (χ0n) is 15.5. The van der Waals surface area contributed by atoms with Crippen LogP contribution >= 0.6 is 0 Å². The molecule has 2 unspecified atom stereocenters. The van der Waals surface area contributed by atoms with E-state index in [4.69, 9.17) is 21.7 Å². The van der Waals surface area contributed by atoms with Crippen LogP contribution in [0.25, 0.3) is 0 Å². The molecule has 0 saturated heterocycles. The first-order chi connectivity index (χ1) is 12.8. The Morgan fingerprint density at radius 2 is 1.59 bits per heavy atom. The van der Waals surface area contributed by atoms with Gasteiger partial charge in [0.1, 0.15) is 18.6 Å². The number of nitrogens with one attached hydrogen (secondary N) is 1. The molecule has 0 aliphatic carbocycles. The van der Waals surface area contributed by atoms with Crippen LogP contribution in [-0.2, 0) is 22.7 Å². The van der Waals surface area contributed by atoms with Crippen LogP contribution in [0.5, 0.6) is 5.75 Å². The second kappa shape index (κ2) is 12.2. The highest BCUT2D eigenvalue weighted by atomic mass is 16.4. The van der Waals surface area contributed by atoms with Crippen LogP contribution in [0.15, 0.2) is 18.5 Å². The number of nitrogens with zero attached hydrogens (tertiary/aromatic N) is 1. The summed E-state index contributed by atoms with van der Waals surface area (Å²) in [6, 6.07) is 0.0496. The fraction of sp³-hybridized carbons (Fsp3) is 0.611. The number of aryl methyl sites for hydroxylation is 1. The molecule has 1 aromatic heterocycles. The number of carboxylic acids is 2. The van der Waals surface area contributed by atoms with E-state index in [1.165, 1.54) is 0 Å². The lowest BCUT2D eigenvalue weighted by atomic mass is 10.1. The van der Waals surface area contributed by atoms with Gasteiger partial charge in [0, 0.05) is 18.5 Å². The Morgan fingerprint density at radius 3 is 2.19 bits per heavy atom. The number of carboxylic acid groups (broad SMARTS) is 2. The van der Waals surface area contributed by atoms with E-state index in [-0.39, 0.29) is 5.75 Å². The number of hydrogen-bond donors (Lipinski definition) is 6. The molecule has 9 heteroatoms. The lowest BCUT2D eigenvalue weighted by Gasteiger charge is -2.08. The third-order valence-electron chi connectivity index (χ3n) is 4.23. The molecule has 0 amide bonds. The summed E-state index contributed by atoms with van der Waals surface area (Å²) in [6.07, 6.45) is 7.47. The average molecular weight is 383 g/mol. The van der Waals surface area contributed by atoms with Crippen LogP contribution in [0.3, 0.4) is 0 Å². The number of carbonyl (C=O) groups is 2. The molecule has 0 saturated carbocycles. The van der Waals surface area contributed by atoms with Gasteiger partial charge < -0.3 is 32.1 Å². The Balaban J connectivity index is 2.30. The van der Waals surface area contributed by atoms with Gasteiger partial charge in [0.25, 0.3) is 0 Å². The minimum atomic E-state index is -0.988. The Hall–Kier alpha value is -2.23. The summed E-state index contributed by atoms with van der Waals surface area (Å²) in [5, 5.41) is 30.6. The number of pyridine rings is 1. The van der Waals surface area contributed by atoms with Gasteiger partial charge in [0.15, 0.2) is 11.9 Å². The molecule has 2 atom stereocenters. The maximum atomic E-state index is 10.7. The molecule has 0 aliphatic rings. The Morgan fingerprint density at radius 1 is 1.00 bits per heavy atom. The Bertz CT molecular complexity index is 611. The van der Waals surface area contributed by atoms with Gasteiger partial charge in [-0.2, -0.15) is 0 Å². The van der Waals surface area contributed by atoms with Crippen molar-refractivity contribution in [1.82, 2.24) is 5.32 Å². The van der Waals surface area contributed by atoms with Crippen molar-refractivity contribution >= 4 is 11.9 Å². The predicted octanol–water partition coefficient (Wildman–Crippen LogP) is -0.0663. The second-order valence-corrected chi connectivity index (χ2v) is 6.70. The van der Waals surface area contributed by atoms with E-state index >= 15 is 0 Å². The minimum Gasteiger partial charge on any atom is -0.503 e. The first-order valence-electron chi connectivity index (χ1n) is 9.19. The number of aromatic hydroxyl groups is 1. The number of aliphatic carboxylic acids is 2. The normalized spacial score (nSPS) is 13.3. The van der Waals surface area contributed by atoms with Crippen molar-refractivity contribution in [2.24, 2.45) is 11.5 Å². The number of unbranched alkanes of at least 4 members (excludes halogenated alkanes) is 2. The first kappa shape index (κ1) is 22.8. The van der Waals surface area contributed by atoms with E-state index in [2.05, 4.69) is 5.32 Å². The monoisotopic (exact) mass is 383 g/mol. The molecule has 1 heterocycles. The highest BCUT2D eigenvalue weighted by Gasteiger charge is 2.12. The summed E-state index contributed by atoms with van der Waals surface area (Å²) in [5.41, 5.74) is 11.9. The summed E-state index contributed by atoms with van der Waals surface area (Å²) in [5.74, 6) is -1.79. The van der Waals surface area contributed by atoms with Crippen molar-refractivity contribution in [3.63, 3.8) is 0 Å². The number of rotatable bonds is 14. The van der Waals surface area contributed by atoms with Gasteiger partial charge in [-0.3, -0.25) is 9.59 Å². The van der Waals surface area contributed by atoms with Gasteiger partial charge in [-0.05, 0) is 38.3 Å². The van der Waals surface area contributed by atoms with E-state index < -0.39 is 24.0 Å². The van der Waals surface area contributed by atoms with Crippen LogP contribution in [0.1, 0.15) is 44.1 Å². The summed E-state index contributed by atoms with van der Waals surface area (Å²) < 4.78 is 1.88. The molecule has 0 bridgehead atoms. The smallest absolute Gasteiger partial charge is 0.320 e. The van der Waals surface area contributed by atoms with Gasteiger partial charge in [0.05, 0.1) is 0 Å². The number of hydrogen-bond acceptors (Lipinski definition) is 6. The molecule has 1 rings (SSSR count). The molecule has 9 nitrogen and oxygen atoms in total. The summed E-state index contributed by atoms with van der Waals surface area (Å²) in [7, 11) is 0. The SMILES string of the molecule is NC(CCCCNCc1cc(O)c[n+](CCCCC(N)C(=O)O)c1)C(=O)O. The molecule has 0 aromatic carbocycles. The van der Waals surface area contributed by atoms with Gasteiger partial charge in [-0.1, -0.05) is 6.42 Å². The predicted molar refractivity (Wildman–Crippen MR) is 98.9 cm³/mol. The molecule has 27 heavy (non-hydrogen) atoms. The van der Waals surface area contributed by atoms with Gasteiger partial charge in [-0.15, -0.1) is 0 Å². The molecule has 1 aromatic rings. The summed E-state index contributed by atoms with van der Waals surface area (Å²) >= 11 is 0. The minimum absolute atomic E-state index is 0.170. The lowest BCUT2D eigenvalue weighted by molar-refractivity contribution is -0.698. The third-order valence-corrected chi connectivity index (χ3v) is 4.23. The Kier molecular flexibility index (Phi) is 10.3. The molecule has 0 spiro atoms. The molecular weight excluding hydrogens is 352 g/mol. The molecule has 152 valence electrons. The highest BCUT2D eigenvalue weighted by molar-refractivity contribution is 5.73. The van der Waals surface area contributed by atoms with Gasteiger partial charge >= 0.3 is 11.9 Å². The van der Waals surface area contributed by atoms with E-state index in [1.807, 2.05) is 10.8 Å². The third kappa shape index (κ3) is 9.88. The van der Waals surface area contributed by atoms with Crippen molar-refractivity contribution in [1.29, 1.82) is 0 Å². The Labute approximate surface area is 159 Å². The average Bonchev–Trinajstić information content (AvgIpc) is 2.60. The van der Waals surface area contributed by atoms with Gasteiger partial charge in [0.2, 0.25) is 6.20 Å². The van der Waals surface area contributed by atoms with Crippen LogP contribution in [0.2, 0.25) is 0 Å². The number of nitrogens with two attached hydrogens (primary N) is 2. The van der Waals surface area contributed by atoms with Crippen molar-refractivity contribution < 1.29 is 29.5 Å². The molecule has 0 aliphatic heterocycles. The zero-order chi connectivity index (χ0) is 20.2. The van der Waals surface area contributed by atoms with E-state index in [0.29, 0.717) is 32.4 Å². The lowest BCUT2D eigenvalue weighted by Crippen LogP contribution is -2.35. The van der Waals surface area contributed by atoms with Crippen LogP contribution in [0, 0.1) is 0 Å². The molecule has 0 fully saturated rings. The van der Waals surface area contributed by atoms with Crippen molar-refractivity contribution in [2.45, 2.75) is 63.7 Å². The molecule has 0 radical (unpaired) electrons. The summed E-state index contributed by atoms with van der Waals surface area (Å²) in [6.45, 7) is 1.99. The van der Waals surface area contributed by atoms with E-state index in [1.54, 1.807) is 12.3 Å². The van der Waals surface area contributed by atoms with E-state index in [0.717, 1.165) is 31.4 Å². The van der Waals surface area contributed by atoms with Crippen molar-refractivity contribution in [3.8, 4) is 5.75 Å². The topological polar surface area (TPSA) is 163 Å². The fourth-order valence-electron chi connectivity index (χ4n) is 2.66. The second-order valence-electron chi connectivity index (χ2n) is 6.70. The summed E-state index contributed by atoms with van der Waals surface area (Å²) in [4.78, 5) is 21.3. The standard InChI is InChI=1S/C18H30N4O5/c19-15(17(24)25)5-1-3-7-21-10-13-9-14(23)12-22(11-13)8-4-2-6-16(20)18(26)27/h9,11-12,15-16,21H,1-8,10,19-20H2,(H2-,23,24,25,26,27)/p+1. The van der Waals surface area contributed by atoms with Crippen molar-refractivity contribution in [3.05, 3.63) is 24.0 Å². The quantitative estimate of drug-likeness (QED) is 0.192. The first-order valence-corrected chi connectivity index (χ1v) is 9.19. The maximum absolute atomic E-state index is 10.7. The fourth-order valence-corrected chi connectivity index (χ4v) is 2.66.